The maximum absolute atomic E-state index is 13.2. The Bertz CT molecular complexity index is 1150. The second-order valence-electron chi connectivity index (χ2n) is 7.33. The van der Waals surface area contributed by atoms with Gasteiger partial charge in [0.15, 0.2) is 15.6 Å². The van der Waals surface area contributed by atoms with Crippen LogP contribution in [0, 0.1) is 0 Å². The molecule has 0 saturated heterocycles. The second-order valence-corrected chi connectivity index (χ2v) is 10.5. The zero-order valence-electron chi connectivity index (χ0n) is 16.4. The molecular weight excluding hydrogens is 412 g/mol. The van der Waals surface area contributed by atoms with E-state index in [0.717, 1.165) is 15.4 Å². The summed E-state index contributed by atoms with van der Waals surface area (Å²) in [6.07, 6.45) is 0.997. The highest BCUT2D eigenvalue weighted by molar-refractivity contribution is 8.03. The van der Waals surface area contributed by atoms with E-state index in [2.05, 4.69) is 0 Å². The van der Waals surface area contributed by atoms with E-state index in [1.807, 2.05) is 60.7 Å². The van der Waals surface area contributed by atoms with Crippen LogP contribution in [0.15, 0.2) is 111 Å². The van der Waals surface area contributed by atoms with Gasteiger partial charge in [-0.2, -0.15) is 0 Å². The van der Waals surface area contributed by atoms with Crippen molar-refractivity contribution in [2.45, 2.75) is 28.6 Å². The molecule has 0 aromatic heterocycles. The van der Waals surface area contributed by atoms with E-state index in [9.17, 15) is 13.2 Å². The van der Waals surface area contributed by atoms with Gasteiger partial charge in [0.25, 0.3) is 0 Å². The van der Waals surface area contributed by atoms with Crippen LogP contribution in [-0.4, -0.2) is 20.0 Å². The summed E-state index contributed by atoms with van der Waals surface area (Å²) in [4.78, 5) is 15.3. The number of allylic oxidation sites excluding steroid dienone is 1. The Hall–Kier alpha value is -2.63. The highest BCUT2D eigenvalue weighted by Crippen LogP contribution is 2.42. The van der Waals surface area contributed by atoms with E-state index in [-0.39, 0.29) is 22.3 Å². The van der Waals surface area contributed by atoms with Crippen molar-refractivity contribution in [1.82, 2.24) is 0 Å². The molecule has 0 heterocycles. The van der Waals surface area contributed by atoms with Crippen molar-refractivity contribution in [1.29, 1.82) is 0 Å². The highest BCUT2D eigenvalue weighted by atomic mass is 32.2. The molecule has 1 atom stereocenters. The van der Waals surface area contributed by atoms with Crippen molar-refractivity contribution in [3.63, 3.8) is 0 Å². The van der Waals surface area contributed by atoms with E-state index in [0.29, 0.717) is 18.4 Å². The van der Waals surface area contributed by atoms with Gasteiger partial charge in [-0.05, 0) is 47.1 Å². The summed E-state index contributed by atoms with van der Waals surface area (Å²) < 4.78 is 26.0. The average molecular weight is 435 g/mol. The van der Waals surface area contributed by atoms with Crippen LogP contribution in [0.5, 0.6) is 0 Å². The molecule has 0 radical (unpaired) electrons. The van der Waals surface area contributed by atoms with Crippen molar-refractivity contribution in [2.24, 2.45) is 0 Å². The number of Topliss-reactive ketones (excluding diaryl/α,β-unsaturated/α-hetero) is 1. The molecule has 0 fully saturated rings. The molecule has 5 heteroatoms. The number of rotatable bonds is 6. The maximum Gasteiger partial charge on any atom is 0.182 e. The molecule has 3 aromatic rings. The predicted molar refractivity (Wildman–Crippen MR) is 121 cm³/mol. The van der Waals surface area contributed by atoms with Crippen LogP contribution in [0.25, 0.3) is 0 Å². The number of ketones is 1. The van der Waals surface area contributed by atoms with Gasteiger partial charge in [0, 0.05) is 16.9 Å². The van der Waals surface area contributed by atoms with Crippen LogP contribution in [0.3, 0.4) is 0 Å². The van der Waals surface area contributed by atoms with Crippen LogP contribution >= 0.6 is 11.8 Å². The first-order valence-corrected chi connectivity index (χ1v) is 12.3. The minimum atomic E-state index is -3.59. The van der Waals surface area contributed by atoms with E-state index in [1.165, 1.54) is 11.8 Å². The zero-order chi connectivity index (χ0) is 21.0. The SMILES string of the molecule is O=C1C[C@@H](c2ccccc2)CC(Sc2ccccc2)=C1CS(=O)(=O)c1ccccc1. The molecule has 0 N–H and O–H groups in total. The Morgan fingerprint density at radius 3 is 1.97 bits per heavy atom. The van der Waals surface area contributed by atoms with Crippen LogP contribution < -0.4 is 0 Å². The lowest BCUT2D eigenvalue weighted by molar-refractivity contribution is -0.116. The second kappa shape index (κ2) is 9.02. The van der Waals surface area contributed by atoms with Gasteiger partial charge < -0.3 is 0 Å². The molecule has 0 amide bonds. The summed E-state index contributed by atoms with van der Waals surface area (Å²) in [6.45, 7) is 0. The summed E-state index contributed by atoms with van der Waals surface area (Å²) >= 11 is 1.51. The molecule has 3 aromatic carbocycles. The third-order valence-corrected chi connectivity index (χ3v) is 8.06. The number of hydrogen-bond acceptors (Lipinski definition) is 4. The van der Waals surface area contributed by atoms with E-state index in [4.69, 9.17) is 0 Å². The largest absolute Gasteiger partial charge is 0.294 e. The lowest BCUT2D eigenvalue weighted by atomic mass is 9.84. The molecule has 0 unspecified atom stereocenters. The highest BCUT2D eigenvalue weighted by Gasteiger charge is 2.32. The first kappa shape index (κ1) is 20.6. The Kier molecular flexibility index (Phi) is 6.21. The number of benzene rings is 3. The van der Waals surface area contributed by atoms with Crippen LogP contribution in [0.2, 0.25) is 0 Å². The predicted octanol–water partition coefficient (Wildman–Crippen LogP) is 5.65. The zero-order valence-corrected chi connectivity index (χ0v) is 18.0. The van der Waals surface area contributed by atoms with Crippen LogP contribution in [0.1, 0.15) is 24.3 Å². The van der Waals surface area contributed by atoms with E-state index in [1.54, 1.807) is 30.3 Å². The molecule has 30 heavy (non-hydrogen) atoms. The van der Waals surface area contributed by atoms with Gasteiger partial charge in [0.05, 0.1) is 10.6 Å². The Balaban J connectivity index is 1.71. The number of carbonyl (C=O) groups is 1. The van der Waals surface area contributed by atoms with Gasteiger partial charge in [-0.3, -0.25) is 4.79 Å². The van der Waals surface area contributed by atoms with Gasteiger partial charge >= 0.3 is 0 Å². The summed E-state index contributed by atoms with van der Waals surface area (Å²) in [5, 5.41) is 0. The summed E-state index contributed by atoms with van der Waals surface area (Å²) in [5.74, 6) is -0.270. The number of thioether (sulfide) groups is 1. The van der Waals surface area contributed by atoms with Gasteiger partial charge in [0.2, 0.25) is 0 Å². The monoisotopic (exact) mass is 434 g/mol. The van der Waals surface area contributed by atoms with Crippen molar-refractivity contribution >= 4 is 27.4 Å². The minimum Gasteiger partial charge on any atom is -0.294 e. The number of sulfone groups is 1. The molecule has 4 rings (SSSR count). The minimum absolute atomic E-state index is 0.0630. The van der Waals surface area contributed by atoms with Crippen LogP contribution in [-0.2, 0) is 14.6 Å². The van der Waals surface area contributed by atoms with Gasteiger partial charge in [0.1, 0.15) is 0 Å². The summed E-state index contributed by atoms with van der Waals surface area (Å²) in [6, 6.07) is 28.1. The molecule has 1 aliphatic carbocycles. The van der Waals surface area contributed by atoms with E-state index < -0.39 is 9.84 Å². The van der Waals surface area contributed by atoms with E-state index >= 15 is 0 Å². The lowest BCUT2D eigenvalue weighted by Crippen LogP contribution is -2.23. The molecule has 1 aliphatic rings. The van der Waals surface area contributed by atoms with Crippen molar-refractivity contribution in [2.75, 3.05) is 5.75 Å². The molecule has 0 bridgehead atoms. The fraction of sp³-hybridized carbons (Fsp3) is 0.160. The third-order valence-electron chi connectivity index (χ3n) is 5.23. The smallest absolute Gasteiger partial charge is 0.182 e. The molecule has 152 valence electrons. The lowest BCUT2D eigenvalue weighted by Gasteiger charge is -2.26. The standard InChI is InChI=1S/C25H22O3S2/c26-24-16-20(19-10-4-1-5-11-19)17-25(29-21-12-6-2-7-13-21)23(24)18-30(27,28)22-14-8-3-9-15-22/h1-15,20H,16-18H2/t20-/m1/s1. The quantitative estimate of drug-likeness (QED) is 0.503. The maximum atomic E-state index is 13.2. The molecule has 0 aliphatic heterocycles. The normalized spacial score (nSPS) is 17.2. The molecule has 0 spiro atoms. The fourth-order valence-electron chi connectivity index (χ4n) is 3.68. The molecule has 3 nitrogen and oxygen atoms in total. The summed E-state index contributed by atoms with van der Waals surface area (Å²) in [5.41, 5.74) is 1.54. The van der Waals surface area contributed by atoms with Crippen molar-refractivity contribution in [3.8, 4) is 0 Å². The number of hydrogen-bond donors (Lipinski definition) is 0. The Morgan fingerprint density at radius 1 is 0.767 bits per heavy atom. The first-order valence-electron chi connectivity index (χ1n) is 9.84. The van der Waals surface area contributed by atoms with Gasteiger partial charge in [-0.1, -0.05) is 78.5 Å². The van der Waals surface area contributed by atoms with Crippen molar-refractivity contribution in [3.05, 3.63) is 107 Å². The Labute approximate surface area is 181 Å². The summed E-state index contributed by atoms with van der Waals surface area (Å²) in [7, 11) is -3.59. The first-order chi connectivity index (χ1) is 14.5. The third kappa shape index (κ3) is 4.74. The van der Waals surface area contributed by atoms with Crippen molar-refractivity contribution < 1.29 is 13.2 Å². The van der Waals surface area contributed by atoms with Crippen LogP contribution in [0.4, 0.5) is 0 Å². The topological polar surface area (TPSA) is 51.2 Å². The number of carbonyl (C=O) groups excluding carboxylic acids is 1. The molecular formula is C25H22O3S2. The Morgan fingerprint density at radius 2 is 1.33 bits per heavy atom. The fourth-order valence-corrected chi connectivity index (χ4v) is 6.40. The van der Waals surface area contributed by atoms with Gasteiger partial charge in [-0.25, -0.2) is 8.42 Å². The molecule has 0 saturated carbocycles. The average Bonchev–Trinajstić information content (AvgIpc) is 2.78. The van der Waals surface area contributed by atoms with Gasteiger partial charge in [-0.15, -0.1) is 0 Å².